The van der Waals surface area contributed by atoms with E-state index in [1.165, 1.54) is 0 Å². The molecular formula is C23H30N5NaO7P+. The maximum Gasteiger partial charge on any atom is 1.00 e. The summed E-state index contributed by atoms with van der Waals surface area (Å²) in [7, 11) is -3.08. The number of anilines is 1. The molecule has 1 unspecified atom stereocenters. The van der Waals surface area contributed by atoms with Crippen molar-refractivity contribution in [3.63, 3.8) is 0 Å². The number of imidazole rings is 1. The third kappa shape index (κ3) is 7.03. The Morgan fingerprint density at radius 3 is 2.41 bits per heavy atom. The van der Waals surface area contributed by atoms with Crippen LogP contribution in [-0.2, 0) is 29.8 Å². The van der Waals surface area contributed by atoms with Gasteiger partial charge in [0.05, 0.1) is 18.8 Å². The van der Waals surface area contributed by atoms with Gasteiger partial charge in [-0.3, -0.25) is 4.57 Å². The summed E-state index contributed by atoms with van der Waals surface area (Å²) in [6.07, 6.45) is -1.60. The van der Waals surface area contributed by atoms with Gasteiger partial charge in [-0.2, -0.15) is 0 Å². The molecule has 1 fully saturated rings. The number of hydrogen-bond acceptors (Lipinski definition) is 10. The Hall–Kier alpha value is -1.73. The molecule has 1 aliphatic rings. The van der Waals surface area contributed by atoms with Crippen molar-refractivity contribution in [1.29, 1.82) is 0 Å². The normalized spacial score (nSPS) is 22.1. The number of rotatable bonds is 10. The molecule has 2 N–H and O–H groups in total. The van der Waals surface area contributed by atoms with Crippen LogP contribution < -0.4 is 49.9 Å². The van der Waals surface area contributed by atoms with Crippen molar-refractivity contribution in [1.82, 2.24) is 14.5 Å². The van der Waals surface area contributed by atoms with Crippen molar-refractivity contribution < 1.29 is 67.4 Å². The molecule has 3 aromatic rings. The molecule has 194 valence electrons. The summed E-state index contributed by atoms with van der Waals surface area (Å²) < 4.78 is 38.0. The fourth-order valence-corrected chi connectivity index (χ4v) is 4.63. The Balaban J connectivity index is 0.00000380. The zero-order valence-corrected chi connectivity index (χ0v) is 24.4. The minimum absolute atomic E-state index is 0. The SMILES string of the molecule is CC(C)O[C@@H]1[C@H](OC(C)C)[C@@H](CO[P+](=O)[O-])O[C@H]1[n+]1cn(Cc2ccccc2)c2c([O-])nc(N)nc21.[Na+]. The number of nitrogens with two attached hydrogens (primary N) is 1. The smallest absolute Gasteiger partial charge is 0.856 e. The third-order valence-electron chi connectivity index (χ3n) is 5.60. The van der Waals surface area contributed by atoms with Gasteiger partial charge in [0.25, 0.3) is 5.95 Å². The zero-order chi connectivity index (χ0) is 26.0. The van der Waals surface area contributed by atoms with E-state index in [2.05, 4.69) is 9.97 Å². The van der Waals surface area contributed by atoms with Gasteiger partial charge in [0.15, 0.2) is 11.8 Å². The molecule has 0 saturated carbocycles. The van der Waals surface area contributed by atoms with Gasteiger partial charge in [-0.15, -0.1) is 4.52 Å². The minimum Gasteiger partial charge on any atom is -0.856 e. The Morgan fingerprint density at radius 1 is 1.14 bits per heavy atom. The molecule has 37 heavy (non-hydrogen) atoms. The summed E-state index contributed by atoms with van der Waals surface area (Å²) >= 11 is 0. The molecule has 2 aromatic heterocycles. The van der Waals surface area contributed by atoms with E-state index in [-0.39, 0.29) is 65.5 Å². The number of benzene rings is 1. The van der Waals surface area contributed by atoms with E-state index < -0.39 is 38.7 Å². The van der Waals surface area contributed by atoms with Gasteiger partial charge in [0.2, 0.25) is 6.23 Å². The summed E-state index contributed by atoms with van der Waals surface area (Å²) in [4.78, 5) is 19.3. The number of aromatic nitrogens is 4. The van der Waals surface area contributed by atoms with Crippen LogP contribution in [0.15, 0.2) is 36.7 Å². The maximum atomic E-state index is 12.9. The standard InChI is InChI=1S/C23H30N5O7P.Na/c1-13(2)33-18-16(11-32-36(30)31)35-22(19(18)34-14(3)4)28-12-27(10-15-8-6-5-7-9-15)17-20(28)25-23(24)26-21(17)29;/h5-9,12-14,16,18-19,22H,10-11H2,1-4H3,(H2-,24,25,26,29);/q;+1/t16-,18-,19-,22-;/m1./s1. The van der Waals surface area contributed by atoms with Gasteiger partial charge in [-0.25, -0.2) is 9.55 Å². The first-order valence-electron chi connectivity index (χ1n) is 11.7. The molecule has 4 rings (SSSR count). The predicted octanol–water partition coefficient (Wildman–Crippen LogP) is -2.05. The predicted molar refractivity (Wildman–Crippen MR) is 125 cm³/mol. The summed E-state index contributed by atoms with van der Waals surface area (Å²) in [5.41, 5.74) is 7.33. The van der Waals surface area contributed by atoms with Gasteiger partial charge < -0.3 is 29.9 Å². The largest absolute Gasteiger partial charge is 1.00 e. The molecule has 1 saturated heterocycles. The van der Waals surface area contributed by atoms with Crippen LogP contribution in [-0.4, -0.2) is 51.7 Å². The van der Waals surface area contributed by atoms with Crippen LogP contribution in [0.25, 0.3) is 11.2 Å². The van der Waals surface area contributed by atoms with Crippen molar-refractivity contribution in [2.45, 2.75) is 71.0 Å². The van der Waals surface area contributed by atoms with Crippen LogP contribution in [0.3, 0.4) is 0 Å². The number of hydrogen-bond donors (Lipinski definition) is 1. The minimum atomic E-state index is -3.08. The summed E-state index contributed by atoms with van der Waals surface area (Å²) in [5.74, 6) is -0.694. The first kappa shape index (κ1) is 29.8. The van der Waals surface area contributed by atoms with E-state index in [4.69, 9.17) is 24.5 Å². The van der Waals surface area contributed by atoms with Crippen LogP contribution in [0.5, 0.6) is 5.88 Å². The topological polar surface area (TPSA) is 161 Å². The molecule has 0 amide bonds. The van der Waals surface area contributed by atoms with E-state index >= 15 is 0 Å². The zero-order valence-electron chi connectivity index (χ0n) is 21.5. The molecule has 1 aromatic carbocycles. The van der Waals surface area contributed by atoms with Gasteiger partial charge in [0, 0.05) is 5.88 Å². The number of fused-ring (bicyclic) bond motifs is 1. The van der Waals surface area contributed by atoms with Crippen LogP contribution in [0.1, 0.15) is 39.5 Å². The van der Waals surface area contributed by atoms with E-state index in [1.54, 1.807) is 15.5 Å². The second kappa shape index (κ2) is 12.9. The Morgan fingerprint density at radius 2 is 1.78 bits per heavy atom. The molecule has 1 aliphatic heterocycles. The van der Waals surface area contributed by atoms with Crippen molar-refractivity contribution in [2.24, 2.45) is 0 Å². The van der Waals surface area contributed by atoms with Crippen molar-refractivity contribution in [3.8, 4) is 5.88 Å². The number of nitrogen functional groups attached to an aromatic ring is 1. The molecule has 5 atom stereocenters. The second-order valence-electron chi connectivity index (χ2n) is 9.08. The molecule has 3 heterocycles. The van der Waals surface area contributed by atoms with Gasteiger partial charge >= 0.3 is 43.5 Å². The van der Waals surface area contributed by atoms with Crippen molar-refractivity contribution in [2.75, 3.05) is 12.3 Å². The monoisotopic (exact) mass is 542 g/mol. The maximum absolute atomic E-state index is 12.9. The Bertz CT molecular complexity index is 1210. The van der Waals surface area contributed by atoms with E-state index in [0.717, 1.165) is 5.56 Å². The van der Waals surface area contributed by atoms with E-state index in [0.29, 0.717) is 6.54 Å². The van der Waals surface area contributed by atoms with Crippen LogP contribution in [0, 0.1) is 0 Å². The third-order valence-corrected chi connectivity index (χ3v) is 5.96. The summed E-state index contributed by atoms with van der Waals surface area (Å²) in [6.45, 7) is 7.61. The van der Waals surface area contributed by atoms with E-state index in [9.17, 15) is 14.6 Å². The fraction of sp³-hybridized carbons (Fsp3) is 0.522. The Kier molecular flexibility index (Phi) is 10.4. The average molecular weight is 542 g/mol. The van der Waals surface area contributed by atoms with Crippen LogP contribution in [0.4, 0.5) is 5.95 Å². The van der Waals surface area contributed by atoms with Gasteiger partial charge in [-0.05, 0) is 37.8 Å². The molecule has 14 heteroatoms. The Labute approximate surface area is 238 Å². The second-order valence-corrected chi connectivity index (χ2v) is 9.78. The molecule has 0 aliphatic carbocycles. The molecular weight excluding hydrogens is 512 g/mol. The van der Waals surface area contributed by atoms with Crippen molar-refractivity contribution >= 4 is 25.4 Å². The molecule has 0 bridgehead atoms. The van der Waals surface area contributed by atoms with E-state index in [1.807, 2.05) is 58.0 Å². The first-order chi connectivity index (χ1) is 17.1. The van der Waals surface area contributed by atoms with Crippen LogP contribution >= 0.6 is 8.25 Å². The average Bonchev–Trinajstić information content (AvgIpc) is 3.30. The summed E-state index contributed by atoms with van der Waals surface area (Å²) in [6, 6.07) is 9.62. The number of nitrogens with zero attached hydrogens (tertiary/aromatic N) is 4. The van der Waals surface area contributed by atoms with Gasteiger partial charge in [0.1, 0.15) is 24.9 Å². The van der Waals surface area contributed by atoms with Gasteiger partial charge in [-0.1, -0.05) is 35.3 Å². The number of ether oxygens (including phenoxy) is 3. The molecule has 0 radical (unpaired) electrons. The molecule has 12 nitrogen and oxygen atoms in total. The first-order valence-corrected chi connectivity index (χ1v) is 12.8. The quantitative estimate of drug-likeness (QED) is 0.171. The van der Waals surface area contributed by atoms with Crippen molar-refractivity contribution in [3.05, 3.63) is 42.2 Å². The molecule has 0 spiro atoms. The fourth-order valence-electron chi connectivity index (χ4n) is 4.36. The summed E-state index contributed by atoms with van der Waals surface area (Å²) in [5, 5.41) is 12.9. The van der Waals surface area contributed by atoms with Crippen LogP contribution in [0.2, 0.25) is 0 Å².